The highest BCUT2D eigenvalue weighted by Crippen LogP contribution is 2.02. The lowest BCUT2D eigenvalue weighted by Crippen LogP contribution is -2.49. The van der Waals surface area contributed by atoms with Gasteiger partial charge < -0.3 is 21.1 Å². The summed E-state index contributed by atoms with van der Waals surface area (Å²) >= 11 is 1.59. The van der Waals surface area contributed by atoms with Crippen LogP contribution in [0.3, 0.4) is 0 Å². The van der Waals surface area contributed by atoms with Gasteiger partial charge in [0, 0.05) is 18.3 Å². The highest BCUT2D eigenvalue weighted by Gasteiger charge is 2.23. The number of nitrogens with two attached hydrogens (primary N) is 1. The Morgan fingerprint density at radius 3 is 2.89 bits per heavy atom. The fourth-order valence-corrected chi connectivity index (χ4v) is 1.96. The van der Waals surface area contributed by atoms with Crippen molar-refractivity contribution in [1.29, 1.82) is 0 Å². The maximum absolute atomic E-state index is 11.8. The number of imidazole rings is 1. The molecule has 0 spiro atoms. The minimum absolute atomic E-state index is 0.149. The largest absolute Gasteiger partial charge is 0.480 e. The van der Waals surface area contributed by atoms with Gasteiger partial charge in [-0.2, -0.15) is 11.8 Å². The van der Waals surface area contributed by atoms with Crippen molar-refractivity contribution in [3.8, 4) is 0 Å². The highest BCUT2D eigenvalue weighted by atomic mass is 32.2. The molecule has 5 N–H and O–H groups in total. The zero-order valence-corrected chi connectivity index (χ0v) is 11.4. The standard InChI is InChI=1S/C11H18N4O3S/c1-19-3-2-8(12)10(16)15-9(11(17)18)4-7-5-13-6-14-7/h5-6,8-9H,2-4,12H2,1H3,(H,13,14)(H,15,16)(H,17,18)/t8-,9?/m0/s1. The molecule has 0 aromatic carbocycles. The average Bonchev–Trinajstić information content (AvgIpc) is 2.87. The zero-order chi connectivity index (χ0) is 14.3. The summed E-state index contributed by atoms with van der Waals surface area (Å²) in [5, 5.41) is 11.5. The van der Waals surface area contributed by atoms with E-state index in [4.69, 9.17) is 10.8 Å². The normalized spacial score (nSPS) is 13.8. The molecule has 0 fully saturated rings. The summed E-state index contributed by atoms with van der Waals surface area (Å²) in [6.07, 6.45) is 5.57. The number of amides is 1. The van der Waals surface area contributed by atoms with Crippen molar-refractivity contribution in [2.75, 3.05) is 12.0 Å². The van der Waals surface area contributed by atoms with E-state index in [9.17, 15) is 9.59 Å². The van der Waals surface area contributed by atoms with Gasteiger partial charge in [-0.05, 0) is 18.4 Å². The van der Waals surface area contributed by atoms with Crippen LogP contribution in [-0.4, -0.2) is 51.0 Å². The van der Waals surface area contributed by atoms with Gasteiger partial charge in [0.05, 0.1) is 12.4 Å². The van der Waals surface area contributed by atoms with Crippen LogP contribution in [0.5, 0.6) is 0 Å². The smallest absolute Gasteiger partial charge is 0.326 e. The third-order valence-corrected chi connectivity index (χ3v) is 3.21. The Kier molecular flexibility index (Phi) is 6.37. The molecule has 0 aliphatic rings. The van der Waals surface area contributed by atoms with Gasteiger partial charge in [-0.3, -0.25) is 4.79 Å². The highest BCUT2D eigenvalue weighted by molar-refractivity contribution is 7.98. The molecule has 1 aromatic rings. The molecule has 2 atom stereocenters. The van der Waals surface area contributed by atoms with E-state index < -0.39 is 24.0 Å². The molecule has 0 bridgehead atoms. The summed E-state index contributed by atoms with van der Waals surface area (Å²) in [6.45, 7) is 0. The molecule has 0 saturated heterocycles. The summed E-state index contributed by atoms with van der Waals surface area (Å²) in [5.41, 5.74) is 6.33. The van der Waals surface area contributed by atoms with E-state index in [0.717, 1.165) is 5.75 Å². The van der Waals surface area contributed by atoms with Crippen molar-refractivity contribution in [2.24, 2.45) is 5.73 Å². The van der Waals surface area contributed by atoms with E-state index in [-0.39, 0.29) is 6.42 Å². The Morgan fingerprint density at radius 2 is 2.37 bits per heavy atom. The van der Waals surface area contributed by atoms with Crippen LogP contribution in [0.1, 0.15) is 12.1 Å². The van der Waals surface area contributed by atoms with E-state index in [1.807, 2.05) is 6.26 Å². The van der Waals surface area contributed by atoms with Gasteiger partial charge in [0.1, 0.15) is 6.04 Å². The fraction of sp³-hybridized carbons (Fsp3) is 0.545. The van der Waals surface area contributed by atoms with Gasteiger partial charge in [-0.15, -0.1) is 0 Å². The number of thioether (sulfide) groups is 1. The summed E-state index contributed by atoms with van der Waals surface area (Å²) < 4.78 is 0. The average molecular weight is 286 g/mol. The predicted molar refractivity (Wildman–Crippen MR) is 72.8 cm³/mol. The number of aromatic amines is 1. The quantitative estimate of drug-likeness (QED) is 0.516. The van der Waals surface area contributed by atoms with Crippen molar-refractivity contribution < 1.29 is 14.7 Å². The number of hydrogen-bond acceptors (Lipinski definition) is 5. The summed E-state index contributed by atoms with van der Waals surface area (Å²) in [5.74, 6) is -0.784. The van der Waals surface area contributed by atoms with E-state index in [1.54, 1.807) is 11.8 Å². The number of carbonyl (C=O) groups is 2. The molecule has 1 unspecified atom stereocenters. The monoisotopic (exact) mass is 286 g/mol. The third-order valence-electron chi connectivity index (χ3n) is 2.56. The molecular formula is C11H18N4O3S. The fourth-order valence-electron chi connectivity index (χ4n) is 1.47. The number of aliphatic carboxylic acids is 1. The molecule has 7 nitrogen and oxygen atoms in total. The number of H-pyrrole nitrogens is 1. The van der Waals surface area contributed by atoms with Crippen molar-refractivity contribution >= 4 is 23.6 Å². The summed E-state index contributed by atoms with van der Waals surface area (Å²) in [6, 6.07) is -1.69. The number of nitrogens with one attached hydrogen (secondary N) is 2. The van der Waals surface area contributed by atoms with Crippen LogP contribution in [0.25, 0.3) is 0 Å². The number of nitrogens with zero attached hydrogens (tertiary/aromatic N) is 1. The minimum Gasteiger partial charge on any atom is -0.480 e. The number of rotatable bonds is 8. The summed E-state index contributed by atoms with van der Waals surface area (Å²) in [7, 11) is 0. The van der Waals surface area contributed by atoms with Crippen LogP contribution in [0.15, 0.2) is 12.5 Å². The third kappa shape index (κ3) is 5.31. The first-order valence-corrected chi connectivity index (χ1v) is 7.19. The Morgan fingerprint density at radius 1 is 1.63 bits per heavy atom. The van der Waals surface area contributed by atoms with Crippen LogP contribution < -0.4 is 11.1 Å². The maximum Gasteiger partial charge on any atom is 0.326 e. The van der Waals surface area contributed by atoms with Gasteiger partial charge >= 0.3 is 5.97 Å². The Balaban J connectivity index is 2.53. The molecule has 106 valence electrons. The van der Waals surface area contributed by atoms with Crippen molar-refractivity contribution in [1.82, 2.24) is 15.3 Å². The van der Waals surface area contributed by atoms with E-state index in [1.165, 1.54) is 12.5 Å². The molecule has 0 radical (unpaired) electrons. The molecule has 0 aliphatic heterocycles. The molecule has 8 heteroatoms. The Bertz CT molecular complexity index is 410. The van der Waals surface area contributed by atoms with Gasteiger partial charge in [0.2, 0.25) is 5.91 Å². The van der Waals surface area contributed by atoms with Crippen LogP contribution in [0.2, 0.25) is 0 Å². The van der Waals surface area contributed by atoms with Gasteiger partial charge in [-0.1, -0.05) is 0 Å². The number of aromatic nitrogens is 2. The number of carboxylic acids is 1. The lowest BCUT2D eigenvalue weighted by atomic mass is 10.1. The second-order valence-electron chi connectivity index (χ2n) is 4.07. The topological polar surface area (TPSA) is 121 Å². The van der Waals surface area contributed by atoms with Crippen LogP contribution in [0, 0.1) is 0 Å². The lowest BCUT2D eigenvalue weighted by molar-refractivity contribution is -0.142. The second-order valence-corrected chi connectivity index (χ2v) is 5.05. The van der Waals surface area contributed by atoms with Gasteiger partial charge in [0.15, 0.2) is 0 Å². The molecule has 1 heterocycles. The van der Waals surface area contributed by atoms with E-state index >= 15 is 0 Å². The molecule has 1 amide bonds. The molecule has 0 aliphatic carbocycles. The summed E-state index contributed by atoms with van der Waals surface area (Å²) in [4.78, 5) is 29.5. The van der Waals surface area contributed by atoms with Crippen LogP contribution in [0.4, 0.5) is 0 Å². The Hall–Kier alpha value is -1.54. The Labute approximate surface area is 115 Å². The van der Waals surface area contributed by atoms with Crippen LogP contribution in [-0.2, 0) is 16.0 Å². The molecule has 19 heavy (non-hydrogen) atoms. The minimum atomic E-state index is -1.10. The maximum atomic E-state index is 11.8. The lowest BCUT2D eigenvalue weighted by Gasteiger charge is -2.17. The molecule has 1 aromatic heterocycles. The molecule has 0 saturated carbocycles. The van der Waals surface area contributed by atoms with E-state index in [0.29, 0.717) is 12.1 Å². The number of carboxylic acid groups (broad SMARTS) is 1. The van der Waals surface area contributed by atoms with Crippen LogP contribution >= 0.6 is 11.8 Å². The van der Waals surface area contributed by atoms with Crippen molar-refractivity contribution in [3.63, 3.8) is 0 Å². The molecule has 1 rings (SSSR count). The number of hydrogen-bond donors (Lipinski definition) is 4. The first-order chi connectivity index (χ1) is 9.04. The van der Waals surface area contributed by atoms with Crippen molar-refractivity contribution in [3.05, 3.63) is 18.2 Å². The zero-order valence-electron chi connectivity index (χ0n) is 10.6. The first-order valence-electron chi connectivity index (χ1n) is 5.79. The van der Waals surface area contributed by atoms with Crippen molar-refractivity contribution in [2.45, 2.75) is 24.9 Å². The number of carbonyl (C=O) groups excluding carboxylic acids is 1. The van der Waals surface area contributed by atoms with Gasteiger partial charge in [0.25, 0.3) is 0 Å². The van der Waals surface area contributed by atoms with E-state index in [2.05, 4.69) is 15.3 Å². The second kappa shape index (κ2) is 7.80. The molecular weight excluding hydrogens is 268 g/mol. The van der Waals surface area contributed by atoms with Gasteiger partial charge in [-0.25, -0.2) is 9.78 Å². The SMILES string of the molecule is CSCC[C@H](N)C(=O)NC(Cc1cnc[nH]1)C(=O)O. The first kappa shape index (κ1) is 15.5. The predicted octanol–water partition coefficient (Wildman–Crippen LogP) is -0.398.